The van der Waals surface area contributed by atoms with Crippen LogP contribution in [-0.2, 0) is 9.53 Å². The van der Waals surface area contributed by atoms with E-state index in [9.17, 15) is 29.2 Å². The van der Waals surface area contributed by atoms with Gasteiger partial charge in [-0.3, -0.25) is 24.2 Å². The number of carbonyl (C=O) groups is 5. The number of nitriles is 1. The van der Waals surface area contributed by atoms with E-state index in [1.54, 1.807) is 63.2 Å². The number of carbonyl (C=O) groups excluding carboxylic acids is 5. The maximum atomic E-state index is 13.6. The molecule has 0 bridgehead atoms. The van der Waals surface area contributed by atoms with Gasteiger partial charge in [-0.05, 0) is 113 Å². The molecule has 0 fully saturated rings. The zero-order valence-electron chi connectivity index (χ0n) is 37.1. The normalized spacial score (nSPS) is 16.2. The number of hydrogen-bond acceptors (Lipinski definition) is 11. The van der Waals surface area contributed by atoms with Crippen molar-refractivity contribution in [3.63, 3.8) is 0 Å². The number of aliphatic imine (C=N–C) groups is 1. The third kappa shape index (κ3) is 10.8. The van der Waals surface area contributed by atoms with Gasteiger partial charge in [0.15, 0.2) is 11.5 Å². The van der Waals surface area contributed by atoms with E-state index in [0.29, 0.717) is 33.9 Å². The number of amidine groups is 1. The van der Waals surface area contributed by atoms with Gasteiger partial charge in [-0.1, -0.05) is 30.9 Å². The number of benzene rings is 4. The SMILES string of the molecule is C#CC[C@H](NC(=O)c1ccc(C2=NC3(C)C=C(C#N)C=CC3N2C)cc1)C(=O)Nc1ccc(C(=O)Nc2ccc(C(=O)Nc3ccc(C(=O)OCC)cc3)c(OCC=C)c2OC(C)C)cc1. The fourth-order valence-electron chi connectivity index (χ4n) is 7.28. The fraction of sp³-hybridized carbons (Fsp3) is 0.235. The van der Waals surface area contributed by atoms with Gasteiger partial charge in [0.25, 0.3) is 17.7 Å². The van der Waals surface area contributed by atoms with Crippen LogP contribution in [0.2, 0.25) is 0 Å². The van der Waals surface area contributed by atoms with Crippen LogP contribution in [0.5, 0.6) is 11.5 Å². The highest BCUT2D eigenvalue weighted by molar-refractivity contribution is 6.10. The predicted octanol–water partition coefficient (Wildman–Crippen LogP) is 7.32. The number of terminal acetylenes is 1. The summed E-state index contributed by atoms with van der Waals surface area (Å²) < 4.78 is 17.1. The van der Waals surface area contributed by atoms with Gasteiger partial charge < -0.3 is 40.4 Å². The third-order valence-corrected chi connectivity index (χ3v) is 10.5. The first-order valence-corrected chi connectivity index (χ1v) is 21.0. The molecule has 4 aromatic carbocycles. The summed E-state index contributed by atoms with van der Waals surface area (Å²) in [5.41, 5.74) is 2.67. The quantitative estimate of drug-likeness (QED) is 0.0473. The van der Waals surface area contributed by atoms with Crippen molar-refractivity contribution in [2.45, 2.75) is 57.8 Å². The van der Waals surface area contributed by atoms with Gasteiger partial charge in [0.2, 0.25) is 5.91 Å². The summed E-state index contributed by atoms with van der Waals surface area (Å²) in [6.45, 7) is 11.2. The molecule has 0 radical (unpaired) electrons. The molecule has 4 amide bonds. The summed E-state index contributed by atoms with van der Waals surface area (Å²) in [4.78, 5) is 73.1. The van der Waals surface area contributed by atoms with E-state index in [-0.39, 0.29) is 54.0 Å². The summed E-state index contributed by atoms with van der Waals surface area (Å²) in [6.07, 6.45) is 12.2. The number of hydrogen-bond donors (Lipinski definition) is 4. The number of anilines is 3. The average molecular weight is 888 g/mol. The molecule has 336 valence electrons. The molecule has 2 aliphatic rings. The topological polar surface area (TPSA) is 201 Å². The minimum atomic E-state index is -1.08. The van der Waals surface area contributed by atoms with Crippen LogP contribution >= 0.6 is 0 Å². The van der Waals surface area contributed by atoms with Crippen molar-refractivity contribution >= 4 is 52.5 Å². The second kappa shape index (κ2) is 20.8. The number of nitrogens with zero attached hydrogens (tertiary/aromatic N) is 3. The fourth-order valence-corrected chi connectivity index (χ4v) is 7.28. The van der Waals surface area contributed by atoms with Crippen molar-refractivity contribution < 1.29 is 38.2 Å². The first-order chi connectivity index (χ1) is 31.7. The van der Waals surface area contributed by atoms with E-state index in [2.05, 4.69) is 39.8 Å². The number of likely N-dealkylation sites (N-methyl/N-ethyl adjacent to an activating group) is 1. The zero-order valence-corrected chi connectivity index (χ0v) is 37.1. The maximum absolute atomic E-state index is 13.6. The summed E-state index contributed by atoms with van der Waals surface area (Å²) in [5.74, 6) is 0.715. The van der Waals surface area contributed by atoms with E-state index < -0.39 is 47.3 Å². The number of ether oxygens (including phenoxy) is 3. The Morgan fingerprint density at radius 1 is 0.879 bits per heavy atom. The highest BCUT2D eigenvalue weighted by atomic mass is 16.5. The number of esters is 1. The minimum absolute atomic E-state index is 0.0183. The molecule has 4 aromatic rings. The molecule has 0 saturated heterocycles. The monoisotopic (exact) mass is 887 g/mol. The summed E-state index contributed by atoms with van der Waals surface area (Å²) in [6, 6.07) is 23.2. The van der Waals surface area contributed by atoms with Crippen molar-refractivity contribution in [1.29, 1.82) is 5.26 Å². The lowest BCUT2D eigenvalue weighted by Crippen LogP contribution is -2.43. The molecule has 4 N–H and O–H groups in total. The Balaban J connectivity index is 1.11. The van der Waals surface area contributed by atoms with E-state index in [0.717, 1.165) is 5.56 Å². The smallest absolute Gasteiger partial charge is 0.338 e. The lowest BCUT2D eigenvalue weighted by atomic mass is 9.86. The maximum Gasteiger partial charge on any atom is 0.338 e. The molecule has 0 spiro atoms. The Morgan fingerprint density at radius 3 is 2.14 bits per heavy atom. The van der Waals surface area contributed by atoms with Crippen molar-refractivity contribution in [1.82, 2.24) is 10.2 Å². The molecule has 1 heterocycles. The van der Waals surface area contributed by atoms with Crippen LogP contribution in [-0.4, -0.2) is 84.3 Å². The van der Waals surface area contributed by atoms with E-state index in [4.69, 9.17) is 25.6 Å². The molecule has 1 aliphatic heterocycles. The third-order valence-electron chi connectivity index (χ3n) is 10.5. The Bertz CT molecular complexity index is 2710. The zero-order chi connectivity index (χ0) is 47.5. The van der Waals surface area contributed by atoms with Crippen molar-refractivity contribution in [3.8, 4) is 29.9 Å². The molecule has 15 heteroatoms. The van der Waals surface area contributed by atoms with Crippen LogP contribution < -0.4 is 30.7 Å². The first-order valence-electron chi connectivity index (χ1n) is 21.0. The van der Waals surface area contributed by atoms with E-state index in [1.165, 1.54) is 54.6 Å². The van der Waals surface area contributed by atoms with Crippen molar-refractivity contribution in [3.05, 3.63) is 149 Å². The van der Waals surface area contributed by atoms with Gasteiger partial charge in [0.05, 0.1) is 47.2 Å². The van der Waals surface area contributed by atoms with Gasteiger partial charge in [0, 0.05) is 41.5 Å². The molecule has 0 aromatic heterocycles. The Kier molecular flexibility index (Phi) is 14.9. The number of allylic oxidation sites excluding steroid dienone is 2. The molecular weight excluding hydrogens is 839 g/mol. The highest BCUT2D eigenvalue weighted by Gasteiger charge is 2.43. The van der Waals surface area contributed by atoms with Crippen LogP contribution in [0.3, 0.4) is 0 Å². The molecule has 3 atom stereocenters. The van der Waals surface area contributed by atoms with Gasteiger partial charge in [0.1, 0.15) is 24.0 Å². The molecule has 0 saturated carbocycles. The number of nitrogens with one attached hydrogen (secondary N) is 4. The first kappa shape index (κ1) is 47.1. The summed E-state index contributed by atoms with van der Waals surface area (Å²) >= 11 is 0. The van der Waals surface area contributed by atoms with Crippen molar-refractivity contribution in [2.24, 2.45) is 4.99 Å². The number of rotatable bonds is 17. The average Bonchev–Trinajstić information content (AvgIpc) is 3.57. The van der Waals surface area contributed by atoms with Gasteiger partial charge >= 0.3 is 5.97 Å². The molecule has 15 nitrogen and oxygen atoms in total. The van der Waals surface area contributed by atoms with Gasteiger partial charge in [-0.15, -0.1) is 12.3 Å². The molecule has 66 heavy (non-hydrogen) atoms. The van der Waals surface area contributed by atoms with Gasteiger partial charge in [-0.25, -0.2) is 4.79 Å². The number of fused-ring (bicyclic) bond motifs is 1. The minimum Gasteiger partial charge on any atom is -0.485 e. The van der Waals surface area contributed by atoms with Gasteiger partial charge in [-0.2, -0.15) is 5.26 Å². The Hall–Kier alpha value is -8.43. The Labute approximate surface area is 383 Å². The van der Waals surface area contributed by atoms with Crippen molar-refractivity contribution in [2.75, 3.05) is 36.2 Å². The second-order valence-corrected chi connectivity index (χ2v) is 15.7. The van der Waals surface area contributed by atoms with Crippen LogP contribution in [0.25, 0.3) is 0 Å². The summed E-state index contributed by atoms with van der Waals surface area (Å²) in [5, 5.41) is 20.5. The highest BCUT2D eigenvalue weighted by Crippen LogP contribution is 2.41. The van der Waals surface area contributed by atoms with E-state index in [1.807, 2.05) is 31.0 Å². The molecule has 6 rings (SSSR count). The lowest BCUT2D eigenvalue weighted by Gasteiger charge is -2.31. The molecule has 2 unspecified atom stereocenters. The largest absolute Gasteiger partial charge is 0.485 e. The van der Waals surface area contributed by atoms with E-state index >= 15 is 0 Å². The Morgan fingerprint density at radius 2 is 1.52 bits per heavy atom. The molecule has 1 aliphatic carbocycles. The number of amides is 4. The second-order valence-electron chi connectivity index (χ2n) is 15.7. The summed E-state index contributed by atoms with van der Waals surface area (Å²) in [7, 11) is 1.93. The lowest BCUT2D eigenvalue weighted by molar-refractivity contribution is -0.117. The van der Waals surface area contributed by atoms with Crippen LogP contribution in [0, 0.1) is 23.7 Å². The van der Waals surface area contributed by atoms with Crippen LogP contribution in [0.15, 0.2) is 126 Å². The standard InChI is InChI=1S/C51H49N7O8/c1-8-11-41(56-47(60)34-15-13-33(14-16-34)45-57-51(6)29-32(30-52)12-27-42(51)58(45)7)49(62)54-38-21-17-35(18-22-38)46(59)55-40-26-25-39(43(65-28-9-2)44(40)66-31(4)5)48(61)53-37-23-19-36(20-24-37)50(63)64-10-3/h1,9,12-27,29,31,41-42H,2,10-11,28H2,3-7H3,(H,53,61)(H,54,62)(H,55,59)(H,56,60)/t41-,42?,51?/m0/s1. The predicted molar refractivity (Wildman–Crippen MR) is 252 cm³/mol. The molecular formula is C51H49N7O8. The van der Waals surface area contributed by atoms with Crippen LogP contribution in [0.4, 0.5) is 17.1 Å². The van der Waals surface area contributed by atoms with Crippen LogP contribution in [0.1, 0.15) is 81.1 Å².